The van der Waals surface area contributed by atoms with Gasteiger partial charge in [-0.15, -0.1) is 0 Å². The number of benzene rings is 1. The molecular weight excluding hydrogens is 523 g/mol. The van der Waals surface area contributed by atoms with Crippen molar-refractivity contribution in [1.29, 1.82) is 0 Å². The minimum absolute atomic E-state index is 0.00373. The van der Waals surface area contributed by atoms with Crippen LogP contribution in [0.3, 0.4) is 0 Å². The van der Waals surface area contributed by atoms with Crippen molar-refractivity contribution in [2.75, 3.05) is 6.61 Å². The van der Waals surface area contributed by atoms with Gasteiger partial charge in [0.05, 0.1) is 29.7 Å². The van der Waals surface area contributed by atoms with Crippen molar-refractivity contribution in [2.45, 2.75) is 44.3 Å². The van der Waals surface area contributed by atoms with Gasteiger partial charge >= 0.3 is 6.18 Å². The fourth-order valence-electron chi connectivity index (χ4n) is 3.65. The molecule has 0 radical (unpaired) electrons. The van der Waals surface area contributed by atoms with Crippen LogP contribution >= 0.6 is 0 Å². The lowest BCUT2D eigenvalue weighted by Crippen LogP contribution is -2.29. The zero-order chi connectivity index (χ0) is 27.7. The Balaban J connectivity index is 1.59. The maximum atomic E-state index is 14.7. The summed E-state index contributed by atoms with van der Waals surface area (Å²) in [6, 6.07) is 0.666. The number of halogens is 7. The Morgan fingerprint density at radius 2 is 1.63 bits per heavy atom. The highest BCUT2D eigenvalue weighted by atomic mass is 19.4. The van der Waals surface area contributed by atoms with Crippen LogP contribution in [0.5, 0.6) is 5.75 Å². The van der Waals surface area contributed by atoms with Crippen molar-refractivity contribution < 1.29 is 40.3 Å². The molecule has 0 spiro atoms. The molecular formula is C24H20F7N5O2. The molecule has 1 atom stereocenters. The Kier molecular flexibility index (Phi) is 7.51. The van der Waals surface area contributed by atoms with E-state index in [9.17, 15) is 35.5 Å². The van der Waals surface area contributed by atoms with Crippen molar-refractivity contribution in [3.05, 3.63) is 65.4 Å². The van der Waals surface area contributed by atoms with Gasteiger partial charge < -0.3 is 10.1 Å². The number of alkyl halides is 7. The molecule has 0 saturated heterocycles. The van der Waals surface area contributed by atoms with E-state index in [1.807, 2.05) is 0 Å². The minimum atomic E-state index is -4.95. The minimum Gasteiger partial charge on any atom is -0.484 e. The molecule has 1 amide bonds. The summed E-state index contributed by atoms with van der Waals surface area (Å²) in [6.07, 6.45) is -2.42. The topological polar surface area (TPSA) is 89.9 Å². The second kappa shape index (κ2) is 10.5. The Bertz CT molecular complexity index is 1300. The number of hydrogen-bond donors (Lipinski definition) is 1. The van der Waals surface area contributed by atoms with Crippen molar-refractivity contribution in [1.82, 2.24) is 25.3 Å². The van der Waals surface area contributed by atoms with Gasteiger partial charge in [0, 0.05) is 29.4 Å². The van der Waals surface area contributed by atoms with E-state index in [2.05, 4.69) is 25.3 Å². The Labute approximate surface area is 211 Å². The van der Waals surface area contributed by atoms with Crippen LogP contribution in [0.4, 0.5) is 30.7 Å². The van der Waals surface area contributed by atoms with Crippen LogP contribution in [0.15, 0.2) is 43.0 Å². The first-order valence-electron chi connectivity index (χ1n) is 11.3. The summed E-state index contributed by atoms with van der Waals surface area (Å²) >= 11 is 0. The Morgan fingerprint density at radius 3 is 2.24 bits per heavy atom. The maximum absolute atomic E-state index is 14.7. The van der Waals surface area contributed by atoms with Crippen molar-refractivity contribution >= 4 is 5.91 Å². The zero-order valence-electron chi connectivity index (χ0n) is 19.6. The molecule has 14 heteroatoms. The predicted molar refractivity (Wildman–Crippen MR) is 119 cm³/mol. The Morgan fingerprint density at radius 1 is 1.00 bits per heavy atom. The third-order valence-corrected chi connectivity index (χ3v) is 5.70. The molecule has 1 N–H and O–H groups in total. The lowest BCUT2D eigenvalue weighted by atomic mass is 9.97. The lowest BCUT2D eigenvalue weighted by molar-refractivity contribution is -0.137. The van der Waals surface area contributed by atoms with Gasteiger partial charge in [-0.25, -0.2) is 32.5 Å². The third kappa shape index (κ3) is 6.17. The lowest BCUT2D eigenvalue weighted by Gasteiger charge is -2.20. The molecule has 1 aliphatic rings. The van der Waals surface area contributed by atoms with Gasteiger partial charge in [0.25, 0.3) is 18.3 Å². The van der Waals surface area contributed by atoms with Crippen molar-refractivity contribution in [2.24, 2.45) is 5.92 Å². The van der Waals surface area contributed by atoms with Gasteiger partial charge in [-0.1, -0.05) is 0 Å². The molecule has 4 rings (SSSR count). The van der Waals surface area contributed by atoms with Gasteiger partial charge in [0.2, 0.25) is 0 Å². The highest BCUT2D eigenvalue weighted by Gasteiger charge is 2.49. The highest BCUT2D eigenvalue weighted by Crippen LogP contribution is 2.50. The summed E-state index contributed by atoms with van der Waals surface area (Å²) in [7, 11) is 0. The summed E-state index contributed by atoms with van der Waals surface area (Å²) in [4.78, 5) is 29.2. The molecule has 0 bridgehead atoms. The summed E-state index contributed by atoms with van der Waals surface area (Å²) in [5.41, 5.74) is -2.63. The van der Waals surface area contributed by atoms with Crippen LogP contribution in [0.1, 0.15) is 53.0 Å². The third-order valence-electron chi connectivity index (χ3n) is 5.70. The number of amides is 1. The first-order valence-corrected chi connectivity index (χ1v) is 11.3. The largest absolute Gasteiger partial charge is 0.484 e. The van der Waals surface area contributed by atoms with Crippen molar-refractivity contribution in [3.63, 3.8) is 0 Å². The molecule has 2 heterocycles. The summed E-state index contributed by atoms with van der Waals surface area (Å²) in [5, 5.41) is 2.45. The van der Waals surface area contributed by atoms with Crippen LogP contribution in [0.25, 0.3) is 11.5 Å². The van der Waals surface area contributed by atoms with Gasteiger partial charge in [0.1, 0.15) is 12.3 Å². The zero-order valence-corrected chi connectivity index (χ0v) is 19.6. The molecule has 1 aromatic carbocycles. The van der Waals surface area contributed by atoms with Crippen LogP contribution in [-0.2, 0) is 12.1 Å². The van der Waals surface area contributed by atoms with E-state index in [-0.39, 0.29) is 35.8 Å². The second-order valence-electron chi connectivity index (χ2n) is 8.62. The van der Waals surface area contributed by atoms with Gasteiger partial charge in [-0.3, -0.25) is 9.78 Å². The summed E-state index contributed by atoms with van der Waals surface area (Å²) in [5.74, 6) is -5.64. The number of nitrogens with zero attached hydrogens (tertiary/aromatic N) is 4. The van der Waals surface area contributed by atoms with E-state index in [0.717, 1.165) is 18.5 Å². The van der Waals surface area contributed by atoms with E-state index in [0.29, 0.717) is 12.1 Å². The van der Waals surface area contributed by atoms with Crippen LogP contribution < -0.4 is 10.1 Å². The molecule has 7 nitrogen and oxygen atoms in total. The monoisotopic (exact) mass is 543 g/mol. The number of carbonyl (C=O) groups excluding carboxylic acids is 1. The van der Waals surface area contributed by atoms with E-state index in [1.165, 1.54) is 19.3 Å². The second-order valence-corrected chi connectivity index (χ2v) is 8.62. The average molecular weight is 543 g/mol. The molecule has 0 aliphatic heterocycles. The van der Waals surface area contributed by atoms with Crippen LogP contribution in [-0.4, -0.2) is 38.9 Å². The first kappa shape index (κ1) is 27.2. The molecule has 1 saturated carbocycles. The molecule has 1 fully saturated rings. The number of nitrogens with one attached hydrogen (secondary N) is 1. The number of carbonyl (C=O) groups is 1. The van der Waals surface area contributed by atoms with E-state index in [4.69, 9.17) is 4.74 Å². The normalized spacial score (nSPS) is 14.9. The summed E-state index contributed by atoms with van der Waals surface area (Å²) < 4.78 is 99.1. The highest BCUT2D eigenvalue weighted by molar-refractivity contribution is 5.95. The SMILES string of the molecule is CC(NC(=O)c1cc(C(F)(F)F)cc(C(F)(F)C2CC2)c1)c1nccnc1-c1ncc(OCC(F)F)cn1. The molecule has 1 aliphatic carbocycles. The number of aromatic nitrogens is 4. The standard InChI is InChI=1S/C24H20F7N5O2/c1-12(19-20(33-5-4-32-19)21-34-9-17(10-35-21)38-11-18(25)26)36-22(37)13-6-15(23(27,28)14-2-3-14)8-16(7-13)24(29,30)31/h4-10,12,14,18H,2-3,11H2,1H3,(H,36,37). The molecule has 202 valence electrons. The smallest absolute Gasteiger partial charge is 0.416 e. The molecule has 38 heavy (non-hydrogen) atoms. The van der Waals surface area contributed by atoms with Gasteiger partial charge in [-0.2, -0.15) is 13.2 Å². The predicted octanol–water partition coefficient (Wildman–Crippen LogP) is 5.59. The molecule has 3 aromatic rings. The molecule has 2 aromatic heterocycles. The fourth-order valence-corrected chi connectivity index (χ4v) is 3.65. The summed E-state index contributed by atoms with van der Waals surface area (Å²) in [6.45, 7) is 0.602. The number of hydrogen-bond acceptors (Lipinski definition) is 6. The van der Waals surface area contributed by atoms with E-state index < -0.39 is 59.7 Å². The molecule has 1 unspecified atom stereocenters. The van der Waals surface area contributed by atoms with Gasteiger partial charge in [-0.05, 0) is 38.0 Å². The average Bonchev–Trinajstić information content (AvgIpc) is 3.73. The van der Waals surface area contributed by atoms with E-state index >= 15 is 0 Å². The fraction of sp³-hybridized carbons (Fsp3) is 0.375. The van der Waals surface area contributed by atoms with Crippen LogP contribution in [0, 0.1) is 5.92 Å². The Hall–Kier alpha value is -3.84. The van der Waals surface area contributed by atoms with Crippen molar-refractivity contribution in [3.8, 4) is 17.3 Å². The first-order chi connectivity index (χ1) is 17.9. The number of ether oxygens (including phenoxy) is 1. The van der Waals surface area contributed by atoms with Gasteiger partial charge in [0.15, 0.2) is 11.6 Å². The van der Waals surface area contributed by atoms with E-state index in [1.54, 1.807) is 0 Å². The van der Waals surface area contributed by atoms with Crippen LogP contribution in [0.2, 0.25) is 0 Å². The quantitative estimate of drug-likeness (QED) is 0.354. The number of rotatable bonds is 9. The maximum Gasteiger partial charge on any atom is 0.416 e.